The molecule has 0 fully saturated rings. The third-order valence-corrected chi connectivity index (χ3v) is 7.92. The van der Waals surface area contributed by atoms with Crippen LogP contribution in [0.2, 0.25) is 0 Å². The van der Waals surface area contributed by atoms with Crippen molar-refractivity contribution in [2.24, 2.45) is 0 Å². The predicted molar refractivity (Wildman–Crippen MR) is 177 cm³/mol. The quantitative estimate of drug-likeness (QED) is 0.163. The van der Waals surface area contributed by atoms with Crippen molar-refractivity contribution in [1.29, 1.82) is 0 Å². The Labute approximate surface area is 264 Å². The molecular formula is C37H39N3O5. The first kappa shape index (κ1) is 31.3. The van der Waals surface area contributed by atoms with Crippen molar-refractivity contribution in [3.8, 4) is 22.6 Å². The van der Waals surface area contributed by atoms with Crippen LogP contribution >= 0.6 is 0 Å². The van der Waals surface area contributed by atoms with Gasteiger partial charge in [0.25, 0.3) is 5.91 Å². The zero-order valence-corrected chi connectivity index (χ0v) is 26.0. The third kappa shape index (κ3) is 7.72. The summed E-state index contributed by atoms with van der Waals surface area (Å²) >= 11 is 0. The highest BCUT2D eigenvalue weighted by molar-refractivity contribution is 5.97. The van der Waals surface area contributed by atoms with Crippen LogP contribution in [-0.2, 0) is 22.5 Å². The van der Waals surface area contributed by atoms with Crippen LogP contribution < -0.4 is 9.47 Å². The van der Waals surface area contributed by atoms with E-state index in [9.17, 15) is 9.59 Å². The van der Waals surface area contributed by atoms with Crippen molar-refractivity contribution < 1.29 is 23.8 Å². The normalized spacial score (nSPS) is 10.9. The summed E-state index contributed by atoms with van der Waals surface area (Å²) in [5.41, 5.74) is 5.69. The Hall–Kier alpha value is -5.08. The average Bonchev–Trinajstić information content (AvgIpc) is 3.51. The predicted octanol–water partition coefficient (Wildman–Crippen LogP) is 6.21. The molecule has 0 aliphatic heterocycles. The lowest BCUT2D eigenvalue weighted by Crippen LogP contribution is -2.44. The molecule has 0 aliphatic carbocycles. The second kappa shape index (κ2) is 15.1. The molecule has 1 N–H and O–H groups in total. The van der Waals surface area contributed by atoms with Crippen molar-refractivity contribution in [3.05, 3.63) is 120 Å². The monoisotopic (exact) mass is 605 g/mol. The lowest BCUT2D eigenvalue weighted by atomic mass is 10.0. The number of fused-ring (bicyclic) bond motifs is 1. The van der Waals surface area contributed by atoms with Crippen LogP contribution in [-0.4, -0.2) is 74.2 Å². The lowest BCUT2D eigenvalue weighted by molar-refractivity contribution is -0.132. The molecule has 232 valence electrons. The Morgan fingerprint density at radius 3 is 2.18 bits per heavy atom. The first-order valence-corrected chi connectivity index (χ1v) is 15.0. The van der Waals surface area contributed by atoms with E-state index in [1.54, 1.807) is 31.1 Å². The van der Waals surface area contributed by atoms with E-state index >= 15 is 0 Å². The number of rotatable bonds is 14. The second-order valence-corrected chi connectivity index (χ2v) is 10.8. The number of H-pyrrole nitrogens is 1. The van der Waals surface area contributed by atoms with Crippen LogP contribution in [0.15, 0.2) is 103 Å². The van der Waals surface area contributed by atoms with E-state index in [-0.39, 0.29) is 24.9 Å². The third-order valence-electron chi connectivity index (χ3n) is 7.92. The maximum absolute atomic E-state index is 14.0. The molecular weight excluding hydrogens is 566 g/mol. The fraction of sp³-hybridized carbons (Fsp3) is 0.243. The number of carbonyl (C=O) groups excluding carboxylic acids is 2. The molecule has 5 rings (SSSR count). The van der Waals surface area contributed by atoms with Crippen LogP contribution in [0, 0.1) is 0 Å². The van der Waals surface area contributed by atoms with Gasteiger partial charge in [-0.25, -0.2) is 0 Å². The second-order valence-electron chi connectivity index (χ2n) is 10.8. The van der Waals surface area contributed by atoms with Gasteiger partial charge in [-0.15, -0.1) is 0 Å². The zero-order valence-electron chi connectivity index (χ0n) is 26.0. The van der Waals surface area contributed by atoms with E-state index in [2.05, 4.69) is 11.1 Å². The fourth-order valence-corrected chi connectivity index (χ4v) is 5.42. The van der Waals surface area contributed by atoms with E-state index in [0.717, 1.165) is 33.2 Å². The zero-order chi connectivity index (χ0) is 31.6. The van der Waals surface area contributed by atoms with E-state index < -0.39 is 0 Å². The topological polar surface area (TPSA) is 84.1 Å². The molecule has 4 aromatic carbocycles. The molecule has 0 bridgehead atoms. The standard InChI is InChI=1S/C37H39N3O5/c1-43-22-21-40(37(42)30-16-14-29(15-17-30)28-9-5-4-6-10-28)26-36(41)39(25-27-13-18-34(44-2)35(23-27)45-3)20-19-31-24-38-33-12-8-7-11-32(31)33/h4-18,23-24,38H,19-22,25-26H2,1-3H3. The van der Waals surface area contributed by atoms with Crippen LogP contribution in [0.4, 0.5) is 0 Å². The first-order valence-electron chi connectivity index (χ1n) is 15.0. The number of nitrogens with zero attached hydrogens (tertiary/aromatic N) is 2. The number of para-hydroxylation sites is 1. The SMILES string of the molecule is COCCN(CC(=O)N(CCc1c[nH]c2ccccc12)Cc1ccc(OC)c(OC)c1)C(=O)c1ccc(-c2ccccc2)cc1. The minimum atomic E-state index is -0.220. The van der Waals surface area contributed by atoms with Crippen molar-refractivity contribution >= 4 is 22.7 Å². The minimum absolute atomic E-state index is 0.0796. The smallest absolute Gasteiger partial charge is 0.254 e. The number of methoxy groups -OCH3 is 3. The molecule has 1 aromatic heterocycles. The Morgan fingerprint density at radius 2 is 1.44 bits per heavy atom. The maximum Gasteiger partial charge on any atom is 0.254 e. The number of hydrogen-bond donors (Lipinski definition) is 1. The summed E-state index contributed by atoms with van der Waals surface area (Å²) in [6.07, 6.45) is 2.65. The van der Waals surface area contributed by atoms with E-state index in [1.807, 2.05) is 97.2 Å². The number of nitrogens with one attached hydrogen (secondary N) is 1. The number of hydrogen-bond acceptors (Lipinski definition) is 5. The van der Waals surface area contributed by atoms with Crippen LogP contribution in [0.3, 0.4) is 0 Å². The van der Waals surface area contributed by atoms with Gasteiger partial charge in [-0.1, -0.05) is 66.7 Å². The van der Waals surface area contributed by atoms with Crippen molar-refractivity contribution in [1.82, 2.24) is 14.8 Å². The van der Waals surface area contributed by atoms with Crippen LogP contribution in [0.25, 0.3) is 22.0 Å². The fourth-order valence-electron chi connectivity index (χ4n) is 5.42. The minimum Gasteiger partial charge on any atom is -0.493 e. The molecule has 0 unspecified atom stereocenters. The molecule has 5 aromatic rings. The number of ether oxygens (including phenoxy) is 3. The average molecular weight is 606 g/mol. The van der Waals surface area contributed by atoms with Gasteiger partial charge in [-0.3, -0.25) is 9.59 Å². The molecule has 1 heterocycles. The van der Waals surface area contributed by atoms with Gasteiger partial charge in [0.1, 0.15) is 6.54 Å². The van der Waals surface area contributed by atoms with Gasteiger partial charge in [0.15, 0.2) is 11.5 Å². The Kier molecular flexibility index (Phi) is 10.5. The van der Waals surface area contributed by atoms with Gasteiger partial charge < -0.3 is 29.0 Å². The van der Waals surface area contributed by atoms with Gasteiger partial charge in [0.05, 0.1) is 20.8 Å². The summed E-state index contributed by atoms with van der Waals surface area (Å²) in [7, 11) is 4.77. The van der Waals surface area contributed by atoms with Gasteiger partial charge in [-0.2, -0.15) is 0 Å². The van der Waals surface area contributed by atoms with E-state index in [0.29, 0.717) is 43.2 Å². The number of benzene rings is 4. The maximum atomic E-state index is 14.0. The van der Waals surface area contributed by atoms with Gasteiger partial charge >= 0.3 is 0 Å². The highest BCUT2D eigenvalue weighted by atomic mass is 16.5. The van der Waals surface area contributed by atoms with Crippen molar-refractivity contribution in [3.63, 3.8) is 0 Å². The number of carbonyl (C=O) groups is 2. The van der Waals surface area contributed by atoms with Crippen molar-refractivity contribution in [2.45, 2.75) is 13.0 Å². The Morgan fingerprint density at radius 1 is 0.733 bits per heavy atom. The first-order chi connectivity index (χ1) is 22.0. The summed E-state index contributed by atoms with van der Waals surface area (Å²) < 4.78 is 16.2. The molecule has 0 atom stereocenters. The summed E-state index contributed by atoms with van der Waals surface area (Å²) in [6.45, 7) is 1.33. The van der Waals surface area contributed by atoms with Gasteiger partial charge in [0.2, 0.25) is 5.91 Å². The Bertz CT molecular complexity index is 1720. The highest BCUT2D eigenvalue weighted by Gasteiger charge is 2.23. The molecule has 8 nitrogen and oxygen atoms in total. The van der Waals surface area contributed by atoms with Crippen molar-refractivity contribution in [2.75, 3.05) is 47.6 Å². The van der Waals surface area contributed by atoms with Crippen LogP contribution in [0.5, 0.6) is 11.5 Å². The molecule has 0 saturated heterocycles. The highest BCUT2D eigenvalue weighted by Crippen LogP contribution is 2.28. The van der Waals surface area contributed by atoms with Gasteiger partial charge in [-0.05, 0) is 59.0 Å². The van der Waals surface area contributed by atoms with Gasteiger partial charge in [0, 0.05) is 49.4 Å². The summed E-state index contributed by atoms with van der Waals surface area (Å²) in [4.78, 5) is 34.4. The van der Waals surface area contributed by atoms with Crippen LogP contribution in [0.1, 0.15) is 21.5 Å². The molecule has 0 saturated carbocycles. The molecule has 0 aliphatic rings. The molecule has 0 radical (unpaired) electrons. The number of aromatic nitrogens is 1. The largest absolute Gasteiger partial charge is 0.493 e. The summed E-state index contributed by atoms with van der Waals surface area (Å²) in [6, 6.07) is 31.3. The van der Waals surface area contributed by atoms with E-state index in [1.165, 1.54) is 0 Å². The van der Waals surface area contributed by atoms with E-state index in [4.69, 9.17) is 14.2 Å². The molecule has 45 heavy (non-hydrogen) atoms. The summed E-state index contributed by atoms with van der Waals surface area (Å²) in [5.74, 6) is 0.833. The number of amides is 2. The molecule has 8 heteroatoms. The number of aromatic amines is 1. The lowest BCUT2D eigenvalue weighted by Gasteiger charge is -2.28. The Balaban J connectivity index is 1.37. The molecule has 2 amide bonds. The molecule has 0 spiro atoms. The summed E-state index contributed by atoms with van der Waals surface area (Å²) in [5, 5.41) is 1.13.